The van der Waals surface area contributed by atoms with Crippen LogP contribution in [0.1, 0.15) is 0 Å². The van der Waals surface area contributed by atoms with Crippen molar-refractivity contribution in [2.24, 2.45) is 0 Å². The molecule has 0 radical (unpaired) electrons. The van der Waals surface area contributed by atoms with Crippen molar-refractivity contribution in [1.82, 2.24) is 20.4 Å². The second kappa shape index (κ2) is 6.31. The van der Waals surface area contributed by atoms with E-state index in [2.05, 4.69) is 20.4 Å². The fourth-order valence-corrected chi connectivity index (χ4v) is 3.20. The topological polar surface area (TPSA) is 83.7 Å². The summed E-state index contributed by atoms with van der Waals surface area (Å²) in [5.41, 5.74) is 11.0. The zero-order valence-electron chi connectivity index (χ0n) is 14.4. The maximum Gasteiger partial charge on any atom is 0.205 e. The Morgan fingerprint density at radius 1 is 1.00 bits per heavy atom. The lowest BCUT2D eigenvalue weighted by Gasteiger charge is -2.15. The van der Waals surface area contributed by atoms with Crippen molar-refractivity contribution in [2.45, 2.75) is 0 Å². The molecular formula is C19H17ClN6. The maximum atomic E-state index is 6.42. The molecule has 7 heteroatoms. The van der Waals surface area contributed by atoms with Crippen molar-refractivity contribution in [1.29, 1.82) is 0 Å². The van der Waals surface area contributed by atoms with Crippen LogP contribution in [0, 0.1) is 0 Å². The van der Waals surface area contributed by atoms with Gasteiger partial charge in [-0.3, -0.25) is 5.10 Å². The predicted octanol–water partition coefficient (Wildman–Crippen LogP) is 3.99. The van der Waals surface area contributed by atoms with E-state index in [0.717, 1.165) is 27.8 Å². The van der Waals surface area contributed by atoms with Crippen LogP contribution in [0.4, 0.5) is 11.5 Å². The summed E-state index contributed by atoms with van der Waals surface area (Å²) in [6, 6.07) is 15.7. The summed E-state index contributed by atoms with van der Waals surface area (Å²) in [4.78, 5) is 2.05. The van der Waals surface area contributed by atoms with Crippen LogP contribution in [-0.4, -0.2) is 34.5 Å². The van der Waals surface area contributed by atoms with Gasteiger partial charge in [0.15, 0.2) is 0 Å². The van der Waals surface area contributed by atoms with Crippen molar-refractivity contribution < 1.29 is 0 Å². The highest BCUT2D eigenvalue weighted by Crippen LogP contribution is 2.39. The minimum absolute atomic E-state index is 0.454. The third-order valence-electron chi connectivity index (χ3n) is 4.31. The molecule has 0 aliphatic heterocycles. The smallest absolute Gasteiger partial charge is 0.205 e. The lowest BCUT2D eigenvalue weighted by atomic mass is 9.97. The number of benzene rings is 2. The molecule has 0 aliphatic carbocycles. The molecule has 3 N–H and O–H groups in total. The number of nitrogen functional groups attached to an aromatic ring is 1. The van der Waals surface area contributed by atoms with Crippen LogP contribution >= 0.6 is 11.6 Å². The number of nitrogens with one attached hydrogen (secondary N) is 1. The van der Waals surface area contributed by atoms with E-state index in [1.807, 2.05) is 67.5 Å². The number of aromatic amines is 1. The van der Waals surface area contributed by atoms with Gasteiger partial charge in [-0.05, 0) is 23.8 Å². The standard InChI is InChI=1S/C19H17ClN6/c1-26(2)12-9-7-11(8-10-12)15-16-18(21)23-25-19(16)24-22-17(15)13-5-3-4-6-14(13)20/h3-10H,1-2H3,(H3,21,23,24,25). The summed E-state index contributed by atoms with van der Waals surface area (Å²) in [6.45, 7) is 0. The number of nitrogens with zero attached hydrogens (tertiary/aromatic N) is 4. The van der Waals surface area contributed by atoms with E-state index in [1.54, 1.807) is 0 Å². The Balaban J connectivity index is 2.03. The molecule has 6 nitrogen and oxygen atoms in total. The van der Waals surface area contributed by atoms with E-state index < -0.39 is 0 Å². The number of halogens is 1. The summed E-state index contributed by atoms with van der Waals surface area (Å²) >= 11 is 6.42. The lowest BCUT2D eigenvalue weighted by molar-refractivity contribution is 1.03. The van der Waals surface area contributed by atoms with Crippen LogP contribution < -0.4 is 10.6 Å². The molecule has 0 bridgehead atoms. The highest BCUT2D eigenvalue weighted by molar-refractivity contribution is 6.33. The third-order valence-corrected chi connectivity index (χ3v) is 4.64. The molecule has 4 rings (SSSR count). The fraction of sp³-hybridized carbons (Fsp3) is 0.105. The number of nitrogens with two attached hydrogens (primary N) is 1. The normalized spacial score (nSPS) is 11.0. The Morgan fingerprint density at radius 2 is 1.73 bits per heavy atom. The summed E-state index contributed by atoms with van der Waals surface area (Å²) in [6.07, 6.45) is 0. The number of anilines is 2. The number of hydrogen-bond donors (Lipinski definition) is 2. The molecule has 0 fully saturated rings. The summed E-state index contributed by atoms with van der Waals surface area (Å²) in [7, 11) is 4.01. The van der Waals surface area contributed by atoms with E-state index in [-0.39, 0.29) is 0 Å². The Morgan fingerprint density at radius 3 is 2.42 bits per heavy atom. The number of H-pyrrole nitrogens is 1. The van der Waals surface area contributed by atoms with Crippen molar-refractivity contribution in [2.75, 3.05) is 24.7 Å². The minimum atomic E-state index is 0.454. The molecule has 0 aliphatic rings. The van der Waals surface area contributed by atoms with E-state index in [4.69, 9.17) is 17.3 Å². The van der Waals surface area contributed by atoms with Gasteiger partial charge in [0.2, 0.25) is 5.65 Å². The summed E-state index contributed by atoms with van der Waals surface area (Å²) in [5.74, 6) is 0.454. The van der Waals surface area contributed by atoms with Gasteiger partial charge < -0.3 is 10.6 Å². The Hall–Kier alpha value is -3.12. The molecule has 0 unspecified atom stereocenters. The van der Waals surface area contributed by atoms with E-state index in [1.165, 1.54) is 0 Å². The van der Waals surface area contributed by atoms with Crippen LogP contribution in [0.5, 0.6) is 0 Å². The molecule has 0 saturated carbocycles. The number of aromatic nitrogens is 4. The van der Waals surface area contributed by atoms with Crippen LogP contribution in [0.25, 0.3) is 33.4 Å². The first-order chi connectivity index (χ1) is 12.6. The quantitative estimate of drug-likeness (QED) is 0.574. The van der Waals surface area contributed by atoms with E-state index in [9.17, 15) is 0 Å². The molecule has 2 heterocycles. The van der Waals surface area contributed by atoms with Crippen LogP contribution in [0.3, 0.4) is 0 Å². The van der Waals surface area contributed by atoms with E-state index >= 15 is 0 Å². The van der Waals surface area contributed by atoms with Gasteiger partial charge in [-0.25, -0.2) is 0 Å². The van der Waals surface area contributed by atoms with Gasteiger partial charge in [0, 0.05) is 30.9 Å². The average Bonchev–Trinajstić information content (AvgIpc) is 3.03. The highest BCUT2D eigenvalue weighted by Gasteiger charge is 2.20. The number of fused-ring (bicyclic) bond motifs is 1. The van der Waals surface area contributed by atoms with Gasteiger partial charge in [0.05, 0.1) is 10.4 Å². The molecule has 4 aromatic rings. The van der Waals surface area contributed by atoms with E-state index in [0.29, 0.717) is 22.2 Å². The van der Waals surface area contributed by atoms with Gasteiger partial charge in [0.1, 0.15) is 11.5 Å². The van der Waals surface area contributed by atoms with Crippen LogP contribution in [0.2, 0.25) is 5.02 Å². The molecule has 2 aromatic carbocycles. The van der Waals surface area contributed by atoms with Crippen molar-refractivity contribution in [3.63, 3.8) is 0 Å². The van der Waals surface area contributed by atoms with Gasteiger partial charge in [0.25, 0.3) is 0 Å². The molecule has 2 aromatic heterocycles. The average molecular weight is 365 g/mol. The van der Waals surface area contributed by atoms with Crippen LogP contribution in [-0.2, 0) is 0 Å². The first-order valence-corrected chi connectivity index (χ1v) is 8.47. The molecule has 0 saturated heterocycles. The van der Waals surface area contributed by atoms with Gasteiger partial charge in [-0.2, -0.15) is 5.10 Å². The molecule has 130 valence electrons. The largest absolute Gasteiger partial charge is 0.383 e. The van der Waals surface area contributed by atoms with Crippen molar-refractivity contribution >= 4 is 34.1 Å². The van der Waals surface area contributed by atoms with Gasteiger partial charge in [-0.1, -0.05) is 41.9 Å². The zero-order valence-corrected chi connectivity index (χ0v) is 15.1. The first-order valence-electron chi connectivity index (χ1n) is 8.09. The van der Waals surface area contributed by atoms with Crippen molar-refractivity contribution in [3.05, 3.63) is 53.6 Å². The maximum absolute atomic E-state index is 6.42. The van der Waals surface area contributed by atoms with Gasteiger partial charge in [-0.15, -0.1) is 10.2 Å². The minimum Gasteiger partial charge on any atom is -0.383 e. The highest BCUT2D eigenvalue weighted by atomic mass is 35.5. The monoisotopic (exact) mass is 364 g/mol. The second-order valence-corrected chi connectivity index (χ2v) is 6.59. The lowest BCUT2D eigenvalue weighted by Crippen LogP contribution is -2.08. The molecule has 26 heavy (non-hydrogen) atoms. The summed E-state index contributed by atoms with van der Waals surface area (Å²) < 4.78 is 0. The SMILES string of the molecule is CN(C)c1ccc(-c2c(-c3ccccc3Cl)nnc3n[nH]c(N)c23)cc1. The van der Waals surface area contributed by atoms with Gasteiger partial charge >= 0.3 is 0 Å². The predicted molar refractivity (Wildman–Crippen MR) is 106 cm³/mol. The molecule has 0 amide bonds. The third kappa shape index (κ3) is 2.64. The molecular weight excluding hydrogens is 348 g/mol. The molecule has 0 atom stereocenters. The number of hydrogen-bond acceptors (Lipinski definition) is 5. The number of rotatable bonds is 3. The fourth-order valence-electron chi connectivity index (χ4n) is 2.98. The molecule has 0 spiro atoms. The Bertz CT molecular complexity index is 1090. The summed E-state index contributed by atoms with van der Waals surface area (Å²) in [5, 5.41) is 16.9. The van der Waals surface area contributed by atoms with Crippen molar-refractivity contribution in [3.8, 4) is 22.4 Å². The second-order valence-electron chi connectivity index (χ2n) is 6.18. The zero-order chi connectivity index (χ0) is 18.3. The van der Waals surface area contributed by atoms with Crippen LogP contribution in [0.15, 0.2) is 48.5 Å². The Kier molecular flexibility index (Phi) is 3.97. The first kappa shape index (κ1) is 16.4. The Labute approximate surface area is 155 Å².